The number of ether oxygens (including phenoxy) is 9. The third-order valence-corrected chi connectivity index (χ3v) is 21.1. The van der Waals surface area contributed by atoms with E-state index in [1.165, 1.54) is 12.5 Å². The number of carboxylic acid groups (broad SMARTS) is 1. The highest BCUT2D eigenvalue weighted by Gasteiger charge is 2.70. The topological polar surface area (TPSA) is 340 Å². The van der Waals surface area contributed by atoms with Gasteiger partial charge < -0.3 is 98.8 Å². The van der Waals surface area contributed by atoms with Gasteiger partial charge in [-0.25, -0.2) is 0 Å². The van der Waals surface area contributed by atoms with E-state index in [9.17, 15) is 65.8 Å². The van der Waals surface area contributed by atoms with Gasteiger partial charge in [-0.05, 0) is 111 Å². The van der Waals surface area contributed by atoms with Crippen molar-refractivity contribution in [2.75, 3.05) is 26.4 Å². The monoisotopic (exact) mass is 1090 g/mol. The standard InChI is InChI=1S/C54H86O22/c1-24-40(74-44-39(65)41(71-25(2)57)29(59)22-68-44)37(63)38(64)45(70-24)75-42-34(60)28(58)21-69-46(42)76-43-36(62)35(61)30(20-55)72-47(43)73-33-12-13-50(5)31(51(33,6)23-56)11-14-53(8)32(50)10-9-26-27-19-49(3,4)15-17-54(27,48(66)67)18-16-52(26,53)7/h9,24,27-47,55-56,58-65H,10-23H2,1-8H3,(H,66,67). The quantitative estimate of drug-likeness (QED) is 0.0715. The molecule has 434 valence electrons. The molecule has 5 aliphatic carbocycles. The minimum Gasteiger partial charge on any atom is -0.481 e. The lowest BCUT2D eigenvalue weighted by Crippen LogP contribution is -2.67. The molecule has 0 aromatic rings. The van der Waals surface area contributed by atoms with Crippen LogP contribution in [0.2, 0.25) is 0 Å². The van der Waals surface area contributed by atoms with Crippen LogP contribution in [0.3, 0.4) is 0 Å². The van der Waals surface area contributed by atoms with Gasteiger partial charge in [-0.1, -0.05) is 53.2 Å². The molecule has 27 atom stereocenters. The molecule has 4 saturated heterocycles. The van der Waals surface area contributed by atoms with Crippen molar-refractivity contribution >= 4 is 11.9 Å². The Kier molecular flexibility index (Phi) is 16.5. The molecule has 8 fully saturated rings. The number of carbonyl (C=O) groups is 2. The van der Waals surface area contributed by atoms with E-state index < -0.39 is 159 Å². The van der Waals surface area contributed by atoms with E-state index in [1.807, 2.05) is 6.92 Å². The molecular weight excluding hydrogens is 1000 g/mol. The van der Waals surface area contributed by atoms with Crippen LogP contribution in [-0.2, 0) is 52.2 Å². The van der Waals surface area contributed by atoms with E-state index in [4.69, 9.17) is 42.6 Å². The summed E-state index contributed by atoms with van der Waals surface area (Å²) in [5.74, 6) is -1.39. The lowest BCUT2D eigenvalue weighted by molar-refractivity contribution is -0.394. The molecule has 4 heterocycles. The van der Waals surface area contributed by atoms with Crippen molar-refractivity contribution in [2.24, 2.45) is 50.2 Å². The Morgan fingerprint density at radius 2 is 1.28 bits per heavy atom. The molecule has 22 heteroatoms. The van der Waals surface area contributed by atoms with Gasteiger partial charge in [-0.2, -0.15) is 0 Å². The smallest absolute Gasteiger partial charge is 0.310 e. The van der Waals surface area contributed by atoms with Gasteiger partial charge in [0.05, 0.1) is 44.1 Å². The average Bonchev–Trinajstić information content (AvgIpc) is 3.41. The molecule has 0 spiro atoms. The highest BCUT2D eigenvalue weighted by molar-refractivity contribution is 5.76. The van der Waals surface area contributed by atoms with E-state index in [2.05, 4.69) is 40.7 Å². The van der Waals surface area contributed by atoms with E-state index in [1.54, 1.807) is 0 Å². The number of carboxylic acids is 1. The Bertz CT molecular complexity index is 2130. The van der Waals surface area contributed by atoms with Crippen LogP contribution in [0.15, 0.2) is 11.6 Å². The van der Waals surface area contributed by atoms with E-state index in [0.717, 1.165) is 45.4 Å². The van der Waals surface area contributed by atoms with Crippen molar-refractivity contribution in [3.63, 3.8) is 0 Å². The average molecular weight is 1090 g/mol. The highest BCUT2D eigenvalue weighted by Crippen LogP contribution is 2.76. The largest absolute Gasteiger partial charge is 0.481 e. The molecule has 0 bridgehead atoms. The number of fused-ring (bicyclic) bond motifs is 7. The van der Waals surface area contributed by atoms with Gasteiger partial charge in [0.1, 0.15) is 73.2 Å². The molecule has 76 heavy (non-hydrogen) atoms. The van der Waals surface area contributed by atoms with Crippen LogP contribution in [0.1, 0.15) is 120 Å². The summed E-state index contributed by atoms with van der Waals surface area (Å²) in [5.41, 5.74) is -1.02. The van der Waals surface area contributed by atoms with Crippen LogP contribution < -0.4 is 0 Å². The Hall–Kier alpha value is -2.04. The van der Waals surface area contributed by atoms with Crippen molar-refractivity contribution in [1.29, 1.82) is 0 Å². The first-order chi connectivity index (χ1) is 35.6. The number of allylic oxidation sites excluding steroid dienone is 2. The van der Waals surface area contributed by atoms with Crippen LogP contribution in [0, 0.1) is 50.2 Å². The van der Waals surface area contributed by atoms with Crippen LogP contribution in [-0.4, -0.2) is 211 Å². The van der Waals surface area contributed by atoms with E-state index in [0.29, 0.717) is 25.7 Å². The maximum Gasteiger partial charge on any atom is 0.310 e. The lowest BCUT2D eigenvalue weighted by Gasteiger charge is -2.71. The lowest BCUT2D eigenvalue weighted by atomic mass is 9.33. The molecule has 22 nitrogen and oxygen atoms in total. The summed E-state index contributed by atoms with van der Waals surface area (Å²) in [4.78, 5) is 24.9. The molecular formula is C54H86O22. The molecule has 0 aromatic carbocycles. The molecule has 4 aliphatic heterocycles. The summed E-state index contributed by atoms with van der Waals surface area (Å²) >= 11 is 0. The third-order valence-electron chi connectivity index (χ3n) is 21.1. The number of rotatable bonds is 12. The van der Waals surface area contributed by atoms with Crippen LogP contribution >= 0.6 is 0 Å². The number of aliphatic hydroxyl groups is 10. The second kappa shape index (κ2) is 21.4. The fourth-order valence-electron chi connectivity index (χ4n) is 16.4. The number of hydrogen-bond acceptors (Lipinski definition) is 21. The minimum atomic E-state index is -1.93. The summed E-state index contributed by atoms with van der Waals surface area (Å²) in [6.45, 7) is 14.3. The summed E-state index contributed by atoms with van der Waals surface area (Å²) < 4.78 is 53.6. The van der Waals surface area contributed by atoms with Crippen molar-refractivity contribution in [1.82, 2.24) is 0 Å². The van der Waals surface area contributed by atoms with Crippen LogP contribution in [0.25, 0.3) is 0 Å². The number of hydrogen-bond donors (Lipinski definition) is 11. The first-order valence-electron chi connectivity index (χ1n) is 27.5. The maximum absolute atomic E-state index is 13.2. The van der Waals surface area contributed by atoms with Crippen molar-refractivity contribution in [3.8, 4) is 0 Å². The zero-order chi connectivity index (χ0) is 55.4. The van der Waals surface area contributed by atoms with E-state index >= 15 is 0 Å². The predicted octanol–water partition coefficient (Wildman–Crippen LogP) is 0.379. The Morgan fingerprint density at radius 3 is 1.95 bits per heavy atom. The molecule has 9 aliphatic rings. The van der Waals surface area contributed by atoms with Gasteiger partial charge in [0, 0.05) is 12.3 Å². The van der Waals surface area contributed by atoms with Gasteiger partial charge in [-0.3, -0.25) is 9.59 Å². The number of aliphatic hydroxyl groups excluding tert-OH is 10. The van der Waals surface area contributed by atoms with Crippen LogP contribution in [0.4, 0.5) is 0 Å². The zero-order valence-corrected chi connectivity index (χ0v) is 45.1. The van der Waals surface area contributed by atoms with Crippen molar-refractivity contribution < 1.29 is 108 Å². The first-order valence-corrected chi connectivity index (χ1v) is 27.5. The molecule has 0 amide bonds. The number of esters is 1. The van der Waals surface area contributed by atoms with Crippen LogP contribution in [0.5, 0.6) is 0 Å². The van der Waals surface area contributed by atoms with E-state index in [-0.39, 0.29) is 46.0 Å². The second-order valence-corrected chi connectivity index (χ2v) is 25.8. The SMILES string of the molecule is CC(=O)OC1C(O)COC(OC2C(C)OC(OC3C(OC4C(OC5CCC6(C)C(CCC7(C)C6CC=C6C8CC(C)(C)CCC8(C(=O)O)CCC67C)C5(C)CO)OC(CO)C(O)C4O)OCC(O)C3O)C(O)C2O)C1O. The summed E-state index contributed by atoms with van der Waals surface area (Å²) in [7, 11) is 0. The maximum atomic E-state index is 13.2. The molecule has 4 saturated carbocycles. The zero-order valence-electron chi connectivity index (χ0n) is 45.1. The predicted molar refractivity (Wildman–Crippen MR) is 261 cm³/mol. The van der Waals surface area contributed by atoms with Gasteiger partial charge in [0.25, 0.3) is 0 Å². The van der Waals surface area contributed by atoms with Gasteiger partial charge >= 0.3 is 11.9 Å². The molecule has 9 rings (SSSR count). The first kappa shape index (κ1) is 58.6. The summed E-state index contributed by atoms with van der Waals surface area (Å²) in [6.07, 6.45) is -19.9. The number of aliphatic carboxylic acids is 1. The molecule has 0 aromatic heterocycles. The Labute approximate surface area is 443 Å². The third kappa shape index (κ3) is 9.63. The molecule has 11 N–H and O–H groups in total. The fourth-order valence-corrected chi connectivity index (χ4v) is 16.4. The summed E-state index contributed by atoms with van der Waals surface area (Å²) in [6, 6.07) is 0. The molecule has 0 radical (unpaired) electrons. The van der Waals surface area contributed by atoms with Crippen molar-refractivity contribution in [2.45, 2.75) is 236 Å². The van der Waals surface area contributed by atoms with Crippen molar-refractivity contribution in [3.05, 3.63) is 11.6 Å². The minimum absolute atomic E-state index is 0.0250. The second-order valence-electron chi connectivity index (χ2n) is 25.8. The van der Waals surface area contributed by atoms with Gasteiger partial charge in [0.2, 0.25) is 0 Å². The Morgan fingerprint density at radius 1 is 0.645 bits per heavy atom. The number of carbonyl (C=O) groups excluding carboxylic acids is 1. The highest BCUT2D eigenvalue weighted by atomic mass is 16.8. The van der Waals surface area contributed by atoms with Gasteiger partial charge in [0.15, 0.2) is 31.3 Å². The molecule has 27 unspecified atom stereocenters. The normalized spacial score (nSPS) is 53.2. The van der Waals surface area contributed by atoms with Gasteiger partial charge in [-0.15, -0.1) is 0 Å². The fraction of sp³-hybridized carbons (Fsp3) is 0.926. The Balaban J connectivity index is 0.926. The summed E-state index contributed by atoms with van der Waals surface area (Å²) in [5, 5.41) is 122.